The van der Waals surface area contributed by atoms with E-state index in [0.717, 1.165) is 5.56 Å². The molecule has 1 amide bonds. The fraction of sp³-hybridized carbons (Fsp3) is 0.176. The zero-order chi connectivity index (χ0) is 15.9. The highest BCUT2D eigenvalue weighted by Gasteiger charge is 2.09. The van der Waals surface area contributed by atoms with E-state index < -0.39 is 11.8 Å². The first-order chi connectivity index (χ1) is 10.6. The number of hydrogen-bond donors (Lipinski definition) is 1. The molecule has 114 valence electrons. The van der Waals surface area contributed by atoms with Gasteiger partial charge in [0.05, 0.1) is 5.56 Å². The van der Waals surface area contributed by atoms with E-state index in [4.69, 9.17) is 4.74 Å². The Morgan fingerprint density at radius 2 is 1.77 bits per heavy atom. The molecule has 4 nitrogen and oxygen atoms in total. The normalized spacial score (nSPS) is 10.1. The molecule has 2 aromatic rings. The number of rotatable bonds is 5. The van der Waals surface area contributed by atoms with Gasteiger partial charge in [0.15, 0.2) is 0 Å². The molecule has 0 radical (unpaired) electrons. The molecule has 0 aliphatic heterocycles. The lowest BCUT2D eigenvalue weighted by Gasteiger charge is -2.07. The largest absolute Gasteiger partial charge is 0.457 e. The molecule has 2 aromatic carbocycles. The molecule has 0 unspecified atom stereocenters. The van der Waals surface area contributed by atoms with Crippen molar-refractivity contribution in [2.75, 3.05) is 0 Å². The summed E-state index contributed by atoms with van der Waals surface area (Å²) in [6, 6.07) is 12.8. The van der Waals surface area contributed by atoms with Crippen molar-refractivity contribution in [2.45, 2.75) is 20.1 Å². The lowest BCUT2D eigenvalue weighted by Crippen LogP contribution is -2.18. The summed E-state index contributed by atoms with van der Waals surface area (Å²) < 4.78 is 18.5. The van der Waals surface area contributed by atoms with Gasteiger partial charge in [0.25, 0.3) is 0 Å². The molecule has 5 heteroatoms. The smallest absolute Gasteiger partial charge is 0.338 e. The molecular weight excluding hydrogens is 285 g/mol. The monoisotopic (exact) mass is 301 g/mol. The first-order valence-electron chi connectivity index (χ1n) is 6.80. The van der Waals surface area contributed by atoms with Gasteiger partial charge in [-0.3, -0.25) is 4.79 Å². The molecule has 0 aliphatic carbocycles. The molecule has 2 rings (SSSR count). The number of hydrogen-bond acceptors (Lipinski definition) is 3. The van der Waals surface area contributed by atoms with Crippen LogP contribution >= 0.6 is 0 Å². The summed E-state index contributed by atoms with van der Waals surface area (Å²) >= 11 is 0. The van der Waals surface area contributed by atoms with Gasteiger partial charge in [0, 0.05) is 19.0 Å². The van der Waals surface area contributed by atoms with E-state index in [1.807, 2.05) is 0 Å². The average molecular weight is 301 g/mol. The molecule has 0 heterocycles. The Bertz CT molecular complexity index is 668. The summed E-state index contributed by atoms with van der Waals surface area (Å²) in [5.74, 6) is -1.04. The molecule has 0 bridgehead atoms. The SMILES string of the molecule is CC(=O)NCc1ccc(C(=O)OCc2ccccc2F)cc1. The number of ether oxygens (including phenoxy) is 1. The van der Waals surface area contributed by atoms with Gasteiger partial charge >= 0.3 is 5.97 Å². The van der Waals surface area contributed by atoms with Gasteiger partial charge in [-0.15, -0.1) is 0 Å². The predicted octanol–water partition coefficient (Wildman–Crippen LogP) is 2.82. The summed E-state index contributed by atoms with van der Waals surface area (Å²) in [4.78, 5) is 22.7. The number of carbonyl (C=O) groups is 2. The first-order valence-corrected chi connectivity index (χ1v) is 6.80. The summed E-state index contributed by atoms with van der Waals surface area (Å²) in [6.45, 7) is 1.73. The molecular formula is C17H16FNO3. The third-order valence-electron chi connectivity index (χ3n) is 3.05. The highest BCUT2D eigenvalue weighted by atomic mass is 19.1. The summed E-state index contributed by atoms with van der Waals surface area (Å²) in [7, 11) is 0. The van der Waals surface area contributed by atoms with Crippen molar-refractivity contribution in [2.24, 2.45) is 0 Å². The topological polar surface area (TPSA) is 55.4 Å². The second-order valence-electron chi connectivity index (χ2n) is 4.77. The zero-order valence-corrected chi connectivity index (χ0v) is 12.1. The highest BCUT2D eigenvalue weighted by molar-refractivity contribution is 5.89. The van der Waals surface area contributed by atoms with Crippen LogP contribution in [-0.2, 0) is 22.7 Å². The Balaban J connectivity index is 1.92. The molecule has 0 fully saturated rings. The van der Waals surface area contributed by atoms with Gasteiger partial charge in [-0.1, -0.05) is 30.3 Å². The molecule has 0 aliphatic rings. The number of halogens is 1. The fourth-order valence-corrected chi connectivity index (χ4v) is 1.83. The molecule has 1 N–H and O–H groups in total. The summed E-state index contributed by atoms with van der Waals surface area (Å²) in [5, 5.41) is 2.67. The minimum Gasteiger partial charge on any atom is -0.457 e. The Morgan fingerprint density at radius 3 is 2.41 bits per heavy atom. The van der Waals surface area contributed by atoms with E-state index in [1.54, 1.807) is 42.5 Å². The van der Waals surface area contributed by atoms with E-state index in [-0.39, 0.29) is 12.5 Å². The molecule has 0 spiro atoms. The van der Waals surface area contributed by atoms with E-state index in [9.17, 15) is 14.0 Å². The van der Waals surface area contributed by atoms with E-state index in [2.05, 4.69) is 5.32 Å². The molecule has 0 atom stereocenters. The van der Waals surface area contributed by atoms with Gasteiger partial charge in [-0.2, -0.15) is 0 Å². The van der Waals surface area contributed by atoms with Gasteiger partial charge < -0.3 is 10.1 Å². The average Bonchev–Trinajstić information content (AvgIpc) is 2.52. The van der Waals surface area contributed by atoms with Crippen LogP contribution in [0.25, 0.3) is 0 Å². The second-order valence-corrected chi connectivity index (χ2v) is 4.77. The van der Waals surface area contributed by atoms with Crippen LogP contribution in [0.4, 0.5) is 4.39 Å². The summed E-state index contributed by atoms with van der Waals surface area (Å²) in [5.41, 5.74) is 1.59. The van der Waals surface area contributed by atoms with E-state index in [0.29, 0.717) is 17.7 Å². The van der Waals surface area contributed by atoms with Crippen molar-refractivity contribution >= 4 is 11.9 Å². The van der Waals surface area contributed by atoms with Crippen molar-refractivity contribution in [3.05, 3.63) is 71.0 Å². The van der Waals surface area contributed by atoms with Crippen molar-refractivity contribution in [1.29, 1.82) is 0 Å². The van der Waals surface area contributed by atoms with Crippen molar-refractivity contribution in [1.82, 2.24) is 5.32 Å². The Hall–Kier alpha value is -2.69. The van der Waals surface area contributed by atoms with Crippen LogP contribution in [0.1, 0.15) is 28.4 Å². The van der Waals surface area contributed by atoms with E-state index >= 15 is 0 Å². The molecule has 0 saturated carbocycles. The molecule has 0 saturated heterocycles. The molecule has 22 heavy (non-hydrogen) atoms. The minimum absolute atomic E-state index is 0.112. The third kappa shape index (κ3) is 4.41. The second kappa shape index (κ2) is 7.36. The fourth-order valence-electron chi connectivity index (χ4n) is 1.83. The highest BCUT2D eigenvalue weighted by Crippen LogP contribution is 2.11. The number of carbonyl (C=O) groups excluding carboxylic acids is 2. The Labute approximate surface area is 127 Å². The number of esters is 1. The van der Waals surface area contributed by atoms with Crippen LogP contribution < -0.4 is 5.32 Å². The van der Waals surface area contributed by atoms with Gasteiger partial charge in [-0.05, 0) is 23.8 Å². The van der Waals surface area contributed by atoms with Gasteiger partial charge in [0.1, 0.15) is 12.4 Å². The number of benzene rings is 2. The lowest BCUT2D eigenvalue weighted by atomic mass is 10.1. The number of amides is 1. The van der Waals surface area contributed by atoms with Crippen LogP contribution in [0.2, 0.25) is 0 Å². The Kier molecular flexibility index (Phi) is 5.25. The van der Waals surface area contributed by atoms with Crippen LogP contribution in [0.15, 0.2) is 48.5 Å². The first kappa shape index (κ1) is 15.7. The maximum atomic E-state index is 13.4. The number of nitrogens with one attached hydrogen (secondary N) is 1. The maximum absolute atomic E-state index is 13.4. The summed E-state index contributed by atoms with van der Waals surface area (Å²) in [6.07, 6.45) is 0. The van der Waals surface area contributed by atoms with Crippen molar-refractivity contribution in [3.8, 4) is 0 Å². The van der Waals surface area contributed by atoms with Crippen molar-refractivity contribution < 1.29 is 18.7 Å². The molecule has 0 aromatic heterocycles. The van der Waals surface area contributed by atoms with E-state index in [1.165, 1.54) is 13.0 Å². The van der Waals surface area contributed by atoms with Crippen LogP contribution in [0.3, 0.4) is 0 Å². The van der Waals surface area contributed by atoms with Crippen molar-refractivity contribution in [3.63, 3.8) is 0 Å². The van der Waals surface area contributed by atoms with Crippen LogP contribution in [-0.4, -0.2) is 11.9 Å². The lowest BCUT2D eigenvalue weighted by molar-refractivity contribution is -0.119. The van der Waals surface area contributed by atoms with Crippen LogP contribution in [0.5, 0.6) is 0 Å². The standard InChI is InChI=1S/C17H16FNO3/c1-12(20)19-10-13-6-8-14(9-7-13)17(21)22-11-15-4-2-3-5-16(15)18/h2-9H,10-11H2,1H3,(H,19,20). The zero-order valence-electron chi connectivity index (χ0n) is 12.1. The van der Waals surface area contributed by atoms with Crippen LogP contribution in [0, 0.1) is 5.82 Å². The van der Waals surface area contributed by atoms with Gasteiger partial charge in [0.2, 0.25) is 5.91 Å². The predicted molar refractivity (Wildman–Crippen MR) is 79.5 cm³/mol. The Morgan fingerprint density at radius 1 is 1.09 bits per heavy atom. The van der Waals surface area contributed by atoms with Gasteiger partial charge in [-0.25, -0.2) is 9.18 Å². The third-order valence-corrected chi connectivity index (χ3v) is 3.05. The maximum Gasteiger partial charge on any atom is 0.338 e. The minimum atomic E-state index is -0.519. The quantitative estimate of drug-likeness (QED) is 0.864.